The lowest BCUT2D eigenvalue weighted by atomic mass is 9.89. The van der Waals surface area contributed by atoms with Gasteiger partial charge < -0.3 is 9.84 Å². The average Bonchev–Trinajstić information content (AvgIpc) is 2.78. The molecule has 0 bridgehead atoms. The number of nitrogens with one attached hydrogen (secondary N) is 1. The Kier molecular flexibility index (Phi) is 5.44. The Labute approximate surface area is 137 Å². The lowest BCUT2D eigenvalue weighted by Gasteiger charge is -2.30. The van der Waals surface area contributed by atoms with Gasteiger partial charge in [-0.15, -0.1) is 11.8 Å². The molecule has 0 aromatic rings. The maximum atomic E-state index is 12.7. The van der Waals surface area contributed by atoms with E-state index < -0.39 is 45.3 Å². The highest BCUT2D eigenvalue weighted by atomic mass is 32.3. The zero-order chi connectivity index (χ0) is 17.4. The van der Waals surface area contributed by atoms with Gasteiger partial charge in [-0.3, -0.25) is 4.72 Å². The van der Waals surface area contributed by atoms with Crippen molar-refractivity contribution in [2.45, 2.75) is 35.8 Å². The number of aliphatic hydroxyl groups is 1. The van der Waals surface area contributed by atoms with Gasteiger partial charge in [0.25, 0.3) is 0 Å². The first-order valence-corrected chi connectivity index (χ1v) is 9.35. The highest BCUT2D eigenvalue weighted by Gasteiger charge is 2.46. The maximum Gasteiger partial charge on any atom is 0.394 e. The number of methoxy groups -OCH3 is 1. The van der Waals surface area contributed by atoms with Crippen LogP contribution in [0.25, 0.3) is 0 Å². The molecular formula is C12H17BF3NO4S2. The van der Waals surface area contributed by atoms with Crippen molar-refractivity contribution in [1.82, 2.24) is 4.72 Å². The summed E-state index contributed by atoms with van der Waals surface area (Å²) in [6.07, 6.45) is -6.44. The van der Waals surface area contributed by atoms with Crippen LogP contribution in [0.4, 0.5) is 13.2 Å². The molecule has 1 aliphatic carbocycles. The minimum atomic E-state index is -4.51. The molecule has 0 spiro atoms. The molecule has 11 heteroatoms. The molecule has 1 heterocycles. The molecule has 2 aliphatic rings. The van der Waals surface area contributed by atoms with E-state index in [2.05, 4.69) is 4.72 Å². The van der Waals surface area contributed by atoms with Gasteiger partial charge in [-0.25, -0.2) is 8.42 Å². The van der Waals surface area contributed by atoms with E-state index in [-0.39, 0.29) is 12.1 Å². The van der Waals surface area contributed by atoms with Crippen molar-refractivity contribution in [3.8, 4) is 0 Å². The number of aliphatic hydroxyl groups excluding tert-OH is 1. The molecule has 0 aromatic carbocycles. The van der Waals surface area contributed by atoms with Crippen molar-refractivity contribution in [2.75, 3.05) is 7.11 Å². The Morgan fingerprint density at radius 1 is 1.48 bits per heavy atom. The summed E-state index contributed by atoms with van der Waals surface area (Å²) in [6.45, 7) is 0. The van der Waals surface area contributed by atoms with Crippen molar-refractivity contribution in [3.05, 3.63) is 22.7 Å². The average molecular weight is 371 g/mol. The second-order valence-electron chi connectivity index (χ2n) is 5.55. The first-order valence-electron chi connectivity index (χ1n) is 6.86. The summed E-state index contributed by atoms with van der Waals surface area (Å²) in [4.78, 5) is 0. The molecule has 0 saturated carbocycles. The van der Waals surface area contributed by atoms with E-state index in [4.69, 9.17) is 4.74 Å². The summed E-state index contributed by atoms with van der Waals surface area (Å²) in [6, 6.07) is 0. The minimum absolute atomic E-state index is 0.0815. The summed E-state index contributed by atoms with van der Waals surface area (Å²) in [7, 11) is -0.714. The summed E-state index contributed by atoms with van der Waals surface area (Å²) in [5.41, 5.74) is 0.848. The Hall–Kier alpha value is -0.645. The smallest absolute Gasteiger partial charge is 0.392 e. The Morgan fingerprint density at radius 3 is 2.65 bits per heavy atom. The number of hydrogen-bond donors (Lipinski definition) is 2. The van der Waals surface area contributed by atoms with E-state index in [1.54, 1.807) is 13.3 Å². The van der Waals surface area contributed by atoms with Crippen molar-refractivity contribution in [1.29, 1.82) is 0 Å². The van der Waals surface area contributed by atoms with Gasteiger partial charge in [-0.2, -0.15) is 13.2 Å². The van der Waals surface area contributed by atoms with Crippen LogP contribution in [0.1, 0.15) is 12.8 Å². The molecule has 0 aromatic heterocycles. The van der Waals surface area contributed by atoms with Gasteiger partial charge in [0.2, 0.25) is 10.0 Å². The van der Waals surface area contributed by atoms with E-state index in [0.717, 1.165) is 17.2 Å². The van der Waals surface area contributed by atoms with Crippen LogP contribution in [-0.4, -0.2) is 51.4 Å². The summed E-state index contributed by atoms with van der Waals surface area (Å²) < 4.78 is 69.4. The molecule has 5 nitrogen and oxygen atoms in total. The van der Waals surface area contributed by atoms with E-state index >= 15 is 0 Å². The number of ether oxygens (including phenoxy) is 1. The first kappa shape index (κ1) is 18.7. The number of sulfonamides is 1. The van der Waals surface area contributed by atoms with E-state index in [9.17, 15) is 26.7 Å². The molecule has 2 rings (SSSR count). The Morgan fingerprint density at radius 2 is 2.13 bits per heavy atom. The third-order valence-electron chi connectivity index (χ3n) is 3.85. The minimum Gasteiger partial charge on any atom is -0.392 e. The second-order valence-corrected chi connectivity index (χ2v) is 8.67. The quantitative estimate of drug-likeness (QED) is 0.712. The van der Waals surface area contributed by atoms with Crippen LogP contribution in [0, 0.1) is 5.92 Å². The predicted octanol–water partition coefficient (Wildman–Crippen LogP) is 0.685. The van der Waals surface area contributed by atoms with Crippen LogP contribution < -0.4 is 4.72 Å². The summed E-state index contributed by atoms with van der Waals surface area (Å²) in [5.74, 6) is -1.87. The van der Waals surface area contributed by atoms with Crippen LogP contribution >= 0.6 is 11.8 Å². The third-order valence-corrected chi connectivity index (χ3v) is 7.37. The molecule has 23 heavy (non-hydrogen) atoms. The first-order chi connectivity index (χ1) is 10.6. The molecule has 130 valence electrons. The fraction of sp³-hybridized carbons (Fsp3) is 0.667. The Bertz CT molecular complexity index is 620. The Balaban J connectivity index is 2.09. The van der Waals surface area contributed by atoms with Gasteiger partial charge in [0.1, 0.15) is 7.85 Å². The number of alkyl halides is 3. The molecule has 0 saturated heterocycles. The van der Waals surface area contributed by atoms with Crippen molar-refractivity contribution in [2.24, 2.45) is 5.92 Å². The summed E-state index contributed by atoms with van der Waals surface area (Å²) >= 11 is 1.08. The number of halogens is 3. The molecule has 0 fully saturated rings. The maximum absolute atomic E-state index is 12.7. The lowest BCUT2D eigenvalue weighted by Crippen LogP contribution is -2.42. The van der Waals surface area contributed by atoms with Gasteiger partial charge >= 0.3 is 6.18 Å². The van der Waals surface area contributed by atoms with Crippen LogP contribution in [-0.2, 0) is 14.8 Å². The highest BCUT2D eigenvalue weighted by Crippen LogP contribution is 2.38. The number of hydrogen-bond acceptors (Lipinski definition) is 5. The molecule has 4 atom stereocenters. The van der Waals surface area contributed by atoms with Crippen LogP contribution in [0.2, 0.25) is 0 Å². The molecule has 2 N–H and O–H groups in total. The van der Waals surface area contributed by atoms with Gasteiger partial charge in [-0.05, 0) is 11.8 Å². The van der Waals surface area contributed by atoms with Gasteiger partial charge in [0.15, 0.2) is 4.58 Å². The van der Waals surface area contributed by atoms with Crippen LogP contribution in [0.15, 0.2) is 22.7 Å². The van der Waals surface area contributed by atoms with E-state index in [1.807, 2.05) is 0 Å². The standard InChI is InChI=1S/C12H17BF3NO4S2/c1-21-10-8(13)5-22-11(10)23(19,20)17-6-2-3-7(9(18)4-6)12(14,15)16/h2,5,7,9-11,17-18H,3-4,13H2,1H3. The predicted molar refractivity (Wildman–Crippen MR) is 83.7 cm³/mol. The van der Waals surface area contributed by atoms with Crippen LogP contribution in [0.5, 0.6) is 0 Å². The number of allylic oxidation sites excluding steroid dienone is 1. The van der Waals surface area contributed by atoms with Gasteiger partial charge in [0, 0.05) is 19.2 Å². The van der Waals surface area contributed by atoms with Crippen molar-refractivity contribution < 1.29 is 31.4 Å². The molecule has 0 amide bonds. The molecular weight excluding hydrogens is 354 g/mol. The molecule has 0 radical (unpaired) electrons. The fourth-order valence-corrected chi connectivity index (χ4v) is 5.76. The van der Waals surface area contributed by atoms with Crippen molar-refractivity contribution >= 4 is 29.6 Å². The van der Waals surface area contributed by atoms with E-state index in [0.29, 0.717) is 0 Å². The topological polar surface area (TPSA) is 75.6 Å². The van der Waals surface area contributed by atoms with Gasteiger partial charge in [-0.1, -0.05) is 11.5 Å². The lowest BCUT2D eigenvalue weighted by molar-refractivity contribution is -0.200. The zero-order valence-electron chi connectivity index (χ0n) is 12.5. The normalized spacial score (nSPS) is 32.4. The largest absolute Gasteiger partial charge is 0.394 e. The molecule has 4 unspecified atom stereocenters. The molecule has 1 aliphatic heterocycles. The van der Waals surface area contributed by atoms with Crippen LogP contribution in [0.3, 0.4) is 0 Å². The second kappa shape index (κ2) is 6.69. The number of rotatable bonds is 4. The zero-order valence-corrected chi connectivity index (χ0v) is 14.1. The van der Waals surface area contributed by atoms with Crippen molar-refractivity contribution in [3.63, 3.8) is 0 Å². The monoisotopic (exact) mass is 371 g/mol. The third kappa shape index (κ3) is 4.07. The summed E-state index contributed by atoms with van der Waals surface area (Å²) in [5, 5.41) is 11.3. The van der Waals surface area contributed by atoms with Gasteiger partial charge in [0.05, 0.1) is 18.1 Å². The fourth-order valence-electron chi connectivity index (χ4n) is 2.61. The number of thioether (sulfide) groups is 1. The SMILES string of the molecule is BC1=CSC(S(=O)(=O)NC2=CCC(C(F)(F)F)C(O)C2)C1OC. The van der Waals surface area contributed by atoms with E-state index in [1.165, 1.54) is 13.2 Å². The highest BCUT2D eigenvalue weighted by molar-refractivity contribution is 8.15.